The fourth-order valence-corrected chi connectivity index (χ4v) is 4.71. The van der Waals surface area contributed by atoms with E-state index in [4.69, 9.17) is 10.4 Å². The van der Waals surface area contributed by atoms with Crippen LogP contribution in [0.1, 0.15) is 24.8 Å². The molecule has 27 heavy (non-hydrogen) atoms. The number of carbonyl (C=O) groups is 2. The first kappa shape index (κ1) is 21.4. The van der Waals surface area contributed by atoms with Gasteiger partial charge in [-0.05, 0) is 31.0 Å². The van der Waals surface area contributed by atoms with Crippen molar-refractivity contribution in [1.29, 1.82) is 5.26 Å². The first-order valence-electron chi connectivity index (χ1n) is 8.69. The Morgan fingerprint density at radius 3 is 2.63 bits per heavy atom. The lowest BCUT2D eigenvalue weighted by Gasteiger charge is -2.33. The van der Waals surface area contributed by atoms with E-state index in [0.29, 0.717) is 49.5 Å². The maximum atomic E-state index is 14.1. The number of anilines is 1. The third kappa shape index (κ3) is 6.96. The van der Waals surface area contributed by atoms with Crippen LogP contribution in [0.25, 0.3) is 0 Å². The molecule has 1 heterocycles. The van der Waals surface area contributed by atoms with E-state index in [2.05, 4.69) is 5.32 Å². The van der Waals surface area contributed by atoms with Crippen molar-refractivity contribution in [2.75, 3.05) is 36.0 Å². The maximum Gasteiger partial charge on any atom is 0.304 e. The Kier molecular flexibility index (Phi) is 8.75. The molecule has 1 aliphatic heterocycles. The van der Waals surface area contributed by atoms with Crippen LogP contribution in [0, 0.1) is 23.1 Å². The molecule has 2 N–H and O–H groups in total. The van der Waals surface area contributed by atoms with Crippen LogP contribution in [-0.2, 0) is 9.59 Å². The van der Waals surface area contributed by atoms with Gasteiger partial charge in [-0.3, -0.25) is 9.59 Å². The molecule has 146 valence electrons. The highest BCUT2D eigenvalue weighted by Gasteiger charge is 2.26. The van der Waals surface area contributed by atoms with Crippen molar-refractivity contribution in [3.8, 4) is 6.07 Å². The molecule has 1 saturated heterocycles. The van der Waals surface area contributed by atoms with Crippen LogP contribution < -0.4 is 10.2 Å². The summed E-state index contributed by atoms with van der Waals surface area (Å²) in [5, 5.41) is 20.3. The molecule has 1 fully saturated rings. The molecule has 1 amide bonds. The number of benzene rings is 1. The van der Waals surface area contributed by atoms with E-state index in [1.165, 1.54) is 16.9 Å². The van der Waals surface area contributed by atoms with Crippen molar-refractivity contribution in [3.05, 3.63) is 29.6 Å². The summed E-state index contributed by atoms with van der Waals surface area (Å²) < 4.78 is 14.1. The van der Waals surface area contributed by atoms with Crippen LogP contribution in [0.2, 0.25) is 0 Å². The van der Waals surface area contributed by atoms with Crippen LogP contribution in [0.15, 0.2) is 18.2 Å². The minimum Gasteiger partial charge on any atom is -0.481 e. The largest absolute Gasteiger partial charge is 0.481 e. The van der Waals surface area contributed by atoms with Gasteiger partial charge < -0.3 is 15.3 Å². The molecule has 0 unspecified atom stereocenters. The van der Waals surface area contributed by atoms with Gasteiger partial charge in [0, 0.05) is 37.1 Å². The van der Waals surface area contributed by atoms with Crippen LogP contribution >= 0.6 is 21.6 Å². The highest BCUT2D eigenvalue weighted by atomic mass is 33.1. The molecule has 0 atom stereocenters. The first-order valence-corrected chi connectivity index (χ1v) is 11.2. The average molecular weight is 412 g/mol. The van der Waals surface area contributed by atoms with Crippen molar-refractivity contribution < 1.29 is 19.1 Å². The minimum atomic E-state index is -0.802. The van der Waals surface area contributed by atoms with Crippen LogP contribution in [0.3, 0.4) is 0 Å². The van der Waals surface area contributed by atoms with E-state index in [0.717, 1.165) is 5.75 Å². The number of aliphatic carboxylic acids is 1. The molecule has 0 aliphatic carbocycles. The van der Waals surface area contributed by atoms with Crippen LogP contribution in [-0.4, -0.2) is 48.1 Å². The normalized spacial score (nSPS) is 14.6. The SMILES string of the molecule is N#Cc1ccc(N2CCC(C(=O)NCCSSCCC(=O)O)CC2)c(F)c1. The van der Waals surface area contributed by atoms with E-state index in [1.807, 2.05) is 11.0 Å². The molecule has 1 aromatic carbocycles. The molecule has 6 nitrogen and oxygen atoms in total. The number of nitrogens with one attached hydrogen (secondary N) is 1. The van der Waals surface area contributed by atoms with Crippen molar-refractivity contribution in [2.45, 2.75) is 19.3 Å². The van der Waals surface area contributed by atoms with E-state index in [1.54, 1.807) is 22.9 Å². The zero-order chi connectivity index (χ0) is 19.6. The van der Waals surface area contributed by atoms with Crippen molar-refractivity contribution in [1.82, 2.24) is 5.32 Å². The Balaban J connectivity index is 1.67. The van der Waals surface area contributed by atoms with Gasteiger partial charge in [0.15, 0.2) is 0 Å². The van der Waals surface area contributed by atoms with Gasteiger partial charge in [0.2, 0.25) is 5.91 Å². The molecule has 0 radical (unpaired) electrons. The fourth-order valence-electron chi connectivity index (χ4n) is 2.82. The average Bonchev–Trinajstić information content (AvgIpc) is 2.67. The lowest BCUT2D eigenvalue weighted by Crippen LogP contribution is -2.41. The van der Waals surface area contributed by atoms with Crippen LogP contribution in [0.5, 0.6) is 0 Å². The molecule has 9 heteroatoms. The van der Waals surface area contributed by atoms with Gasteiger partial charge in [-0.25, -0.2) is 4.39 Å². The van der Waals surface area contributed by atoms with Crippen LogP contribution in [0.4, 0.5) is 10.1 Å². The number of nitriles is 1. The van der Waals surface area contributed by atoms with E-state index >= 15 is 0 Å². The molecular weight excluding hydrogens is 389 g/mol. The number of hydrogen-bond acceptors (Lipinski definition) is 6. The summed E-state index contributed by atoms with van der Waals surface area (Å²) in [4.78, 5) is 24.5. The molecule has 0 saturated carbocycles. The second-order valence-electron chi connectivity index (χ2n) is 6.12. The summed E-state index contributed by atoms with van der Waals surface area (Å²) in [6.45, 7) is 1.75. The molecule has 1 aliphatic rings. The van der Waals surface area contributed by atoms with E-state index in [-0.39, 0.29) is 18.2 Å². The lowest BCUT2D eigenvalue weighted by molar-refractivity contribution is -0.136. The predicted molar refractivity (Wildman–Crippen MR) is 106 cm³/mol. The highest BCUT2D eigenvalue weighted by molar-refractivity contribution is 8.76. The third-order valence-electron chi connectivity index (χ3n) is 4.25. The molecule has 0 spiro atoms. The smallest absolute Gasteiger partial charge is 0.304 e. The number of nitrogens with zero attached hydrogens (tertiary/aromatic N) is 2. The highest BCUT2D eigenvalue weighted by Crippen LogP contribution is 2.26. The number of rotatable bonds is 9. The Hall–Kier alpha value is -1.92. The second kappa shape index (κ2) is 11.0. The lowest BCUT2D eigenvalue weighted by atomic mass is 9.95. The molecule has 2 rings (SSSR count). The Morgan fingerprint density at radius 2 is 2.00 bits per heavy atom. The topological polar surface area (TPSA) is 93.4 Å². The Morgan fingerprint density at radius 1 is 1.30 bits per heavy atom. The predicted octanol–water partition coefficient (Wildman–Crippen LogP) is 2.89. The quantitative estimate of drug-likeness (QED) is 0.477. The standard InChI is InChI=1S/C18H22FN3O3S2/c19-15-11-13(12-20)1-2-16(15)22-7-3-14(4-8-22)18(25)21-6-10-27-26-9-5-17(23)24/h1-2,11,14H,3-10H2,(H,21,25)(H,23,24). The van der Waals surface area contributed by atoms with Gasteiger partial charge in [-0.2, -0.15) is 5.26 Å². The zero-order valence-electron chi connectivity index (χ0n) is 14.8. The Labute approximate surface area is 165 Å². The molecular formula is C18H22FN3O3S2. The number of carbonyl (C=O) groups excluding carboxylic acids is 1. The summed E-state index contributed by atoms with van der Waals surface area (Å²) in [6, 6.07) is 6.38. The van der Waals surface area contributed by atoms with Crippen molar-refractivity contribution in [3.63, 3.8) is 0 Å². The molecule has 0 aromatic heterocycles. The summed E-state index contributed by atoms with van der Waals surface area (Å²) in [5.74, 6) is 0.0142. The zero-order valence-corrected chi connectivity index (χ0v) is 16.5. The van der Waals surface area contributed by atoms with Gasteiger partial charge >= 0.3 is 5.97 Å². The summed E-state index contributed by atoms with van der Waals surface area (Å²) in [5.41, 5.74) is 0.771. The van der Waals surface area contributed by atoms with Crippen molar-refractivity contribution in [2.24, 2.45) is 5.92 Å². The van der Waals surface area contributed by atoms with Gasteiger partial charge in [0.1, 0.15) is 5.82 Å². The number of amides is 1. The summed E-state index contributed by atoms with van der Waals surface area (Å²) in [6.07, 6.45) is 1.46. The second-order valence-corrected chi connectivity index (χ2v) is 8.82. The van der Waals surface area contributed by atoms with Gasteiger partial charge in [-0.15, -0.1) is 0 Å². The summed E-state index contributed by atoms with van der Waals surface area (Å²) in [7, 11) is 3.04. The number of carboxylic acids is 1. The third-order valence-corrected chi connectivity index (χ3v) is 6.66. The Bertz CT molecular complexity index is 704. The van der Waals surface area contributed by atoms with E-state index in [9.17, 15) is 14.0 Å². The number of hydrogen-bond donors (Lipinski definition) is 2. The van der Waals surface area contributed by atoms with Gasteiger partial charge in [0.25, 0.3) is 0 Å². The van der Waals surface area contributed by atoms with E-state index < -0.39 is 11.8 Å². The minimum absolute atomic E-state index is 0.0195. The van der Waals surface area contributed by atoms with Crippen molar-refractivity contribution >= 4 is 39.2 Å². The number of halogens is 1. The van der Waals surface area contributed by atoms with Gasteiger partial charge in [-0.1, -0.05) is 21.6 Å². The van der Waals surface area contributed by atoms with Gasteiger partial charge in [0.05, 0.1) is 23.7 Å². The maximum absolute atomic E-state index is 14.1. The summed E-state index contributed by atoms with van der Waals surface area (Å²) >= 11 is 0. The molecule has 1 aromatic rings. The number of carboxylic acid groups (broad SMARTS) is 1. The number of piperidine rings is 1. The monoisotopic (exact) mass is 411 g/mol. The fraction of sp³-hybridized carbons (Fsp3) is 0.500. The first-order chi connectivity index (χ1) is 13.0. The molecule has 0 bridgehead atoms.